The summed E-state index contributed by atoms with van der Waals surface area (Å²) in [7, 11) is 0. The van der Waals surface area contributed by atoms with E-state index in [9.17, 15) is 9.59 Å². The lowest BCUT2D eigenvalue weighted by Gasteiger charge is -2.32. The topological polar surface area (TPSA) is 93.1 Å². The Morgan fingerprint density at radius 2 is 2.00 bits per heavy atom. The minimum atomic E-state index is -0.993. The number of benzene rings is 1. The third kappa shape index (κ3) is 3.79. The van der Waals surface area contributed by atoms with Crippen molar-refractivity contribution in [1.29, 1.82) is 0 Å². The number of esters is 1. The lowest BCUT2D eigenvalue weighted by atomic mass is 9.71. The molecule has 0 aliphatic heterocycles. The fourth-order valence-electron chi connectivity index (χ4n) is 3.94. The normalized spacial score (nSPS) is 20.6. The summed E-state index contributed by atoms with van der Waals surface area (Å²) in [6.07, 6.45) is 3.58. The summed E-state index contributed by atoms with van der Waals surface area (Å²) in [6.45, 7) is 0.684. The monoisotopic (exact) mass is 428 g/mol. The van der Waals surface area contributed by atoms with Crippen LogP contribution in [0.15, 0.2) is 12.1 Å². The summed E-state index contributed by atoms with van der Waals surface area (Å²) in [6, 6.07) is 1.76. The Bertz CT molecular complexity index is 830. The molecule has 0 spiro atoms. The molecule has 0 saturated carbocycles. The third-order valence-electron chi connectivity index (χ3n) is 5.51. The number of halogens is 2. The molecule has 8 heteroatoms. The number of ketones is 1. The van der Waals surface area contributed by atoms with Crippen LogP contribution in [0.1, 0.15) is 37.3 Å². The van der Waals surface area contributed by atoms with Crippen LogP contribution >= 0.6 is 23.2 Å². The van der Waals surface area contributed by atoms with E-state index in [2.05, 4.69) is 6.92 Å². The fraction of sp³-hybridized carbons (Fsp3) is 0.500. The highest BCUT2D eigenvalue weighted by Gasteiger charge is 2.44. The summed E-state index contributed by atoms with van der Waals surface area (Å²) in [5.74, 6) is -0.402. The highest BCUT2D eigenvalue weighted by Crippen LogP contribution is 2.57. The molecule has 28 heavy (non-hydrogen) atoms. The minimum Gasteiger partial charge on any atom is -0.480 e. The molecule has 0 amide bonds. The zero-order chi connectivity index (χ0) is 20.5. The molecule has 2 aliphatic carbocycles. The predicted octanol–water partition coefficient (Wildman–Crippen LogP) is 2.97. The average molecular weight is 429 g/mol. The minimum absolute atomic E-state index is 0.0875. The van der Waals surface area contributed by atoms with Gasteiger partial charge in [0.25, 0.3) is 0 Å². The Labute approximate surface area is 173 Å². The van der Waals surface area contributed by atoms with Crippen LogP contribution in [0.25, 0.3) is 5.57 Å². The Morgan fingerprint density at radius 3 is 2.64 bits per heavy atom. The van der Waals surface area contributed by atoms with Crippen molar-refractivity contribution in [2.75, 3.05) is 19.8 Å². The van der Waals surface area contributed by atoms with Gasteiger partial charge in [-0.15, -0.1) is 0 Å². The maximum Gasteiger partial charge on any atom is 0.344 e. The number of rotatable bonds is 7. The Morgan fingerprint density at radius 1 is 1.29 bits per heavy atom. The van der Waals surface area contributed by atoms with Crippen molar-refractivity contribution in [2.45, 2.75) is 38.7 Å². The first-order valence-electron chi connectivity index (χ1n) is 9.15. The third-order valence-corrected chi connectivity index (χ3v) is 6.36. The van der Waals surface area contributed by atoms with E-state index in [1.807, 2.05) is 0 Å². The van der Waals surface area contributed by atoms with Gasteiger partial charge in [0.15, 0.2) is 12.4 Å². The van der Waals surface area contributed by atoms with Crippen LogP contribution in [0.5, 0.6) is 5.75 Å². The number of hydrogen-bond acceptors (Lipinski definition) is 6. The molecule has 152 valence electrons. The van der Waals surface area contributed by atoms with E-state index in [1.165, 1.54) is 0 Å². The molecule has 1 aromatic carbocycles. The number of aliphatic hydroxyl groups is 2. The summed E-state index contributed by atoms with van der Waals surface area (Å²) in [4.78, 5) is 23.8. The van der Waals surface area contributed by atoms with Gasteiger partial charge in [-0.1, -0.05) is 30.1 Å². The lowest BCUT2D eigenvalue weighted by molar-refractivity contribution is -0.155. The van der Waals surface area contributed by atoms with Gasteiger partial charge in [-0.3, -0.25) is 4.79 Å². The van der Waals surface area contributed by atoms with Crippen molar-refractivity contribution >= 4 is 40.5 Å². The Kier molecular flexibility index (Phi) is 6.34. The van der Waals surface area contributed by atoms with Crippen molar-refractivity contribution < 1.29 is 29.3 Å². The van der Waals surface area contributed by atoms with Gasteiger partial charge in [-0.25, -0.2) is 4.79 Å². The number of fused-ring (bicyclic) bond motifs is 3. The highest BCUT2D eigenvalue weighted by molar-refractivity contribution is 6.44. The van der Waals surface area contributed by atoms with Gasteiger partial charge in [0.05, 0.1) is 18.2 Å². The Hall–Kier alpha value is -1.60. The second-order valence-corrected chi connectivity index (χ2v) is 7.89. The first-order chi connectivity index (χ1) is 13.3. The quantitative estimate of drug-likeness (QED) is 0.648. The van der Waals surface area contributed by atoms with Crippen molar-refractivity contribution in [3.8, 4) is 5.75 Å². The van der Waals surface area contributed by atoms with E-state index in [4.69, 9.17) is 42.9 Å². The molecule has 1 atom stereocenters. The van der Waals surface area contributed by atoms with Crippen LogP contribution in [-0.2, 0) is 20.7 Å². The summed E-state index contributed by atoms with van der Waals surface area (Å²) in [5, 5.41) is 18.4. The largest absolute Gasteiger partial charge is 0.480 e. The van der Waals surface area contributed by atoms with Crippen LogP contribution in [-0.4, -0.2) is 47.9 Å². The molecular weight excluding hydrogens is 407 g/mol. The van der Waals surface area contributed by atoms with Gasteiger partial charge in [0, 0.05) is 17.4 Å². The molecule has 6 nitrogen and oxygen atoms in total. The average Bonchev–Trinajstić information content (AvgIpc) is 3.01. The van der Waals surface area contributed by atoms with Crippen LogP contribution in [0.3, 0.4) is 0 Å². The number of aliphatic hydroxyl groups excluding tert-OH is 2. The zero-order valence-corrected chi connectivity index (χ0v) is 17.0. The molecule has 0 aromatic heterocycles. The summed E-state index contributed by atoms with van der Waals surface area (Å²) < 4.78 is 10.4. The van der Waals surface area contributed by atoms with Crippen molar-refractivity contribution in [2.24, 2.45) is 5.41 Å². The van der Waals surface area contributed by atoms with Crippen LogP contribution in [0.4, 0.5) is 0 Å². The maximum atomic E-state index is 12.0. The van der Waals surface area contributed by atoms with Crippen LogP contribution in [0, 0.1) is 5.41 Å². The molecule has 2 N–H and O–H groups in total. The van der Waals surface area contributed by atoms with Gasteiger partial charge in [-0.05, 0) is 42.5 Å². The number of allylic oxidation sites excluding steroid dienone is 2. The molecule has 0 radical (unpaired) electrons. The lowest BCUT2D eigenvalue weighted by Crippen LogP contribution is -2.28. The second kappa shape index (κ2) is 8.41. The predicted molar refractivity (Wildman–Crippen MR) is 105 cm³/mol. The summed E-state index contributed by atoms with van der Waals surface area (Å²) >= 11 is 12.9. The van der Waals surface area contributed by atoms with E-state index >= 15 is 0 Å². The van der Waals surface area contributed by atoms with E-state index < -0.39 is 31.9 Å². The van der Waals surface area contributed by atoms with Gasteiger partial charge in [0.1, 0.15) is 16.9 Å². The second-order valence-electron chi connectivity index (χ2n) is 7.14. The SMILES string of the molecule is CCC12CCC(=O)C=C1c1c(cc(OCC(=O)OC(CO)CO)c(Cl)c1Cl)C2. The van der Waals surface area contributed by atoms with Gasteiger partial charge in [0.2, 0.25) is 0 Å². The fourth-order valence-corrected chi connectivity index (χ4v) is 4.46. The van der Waals surface area contributed by atoms with Crippen molar-refractivity contribution in [1.82, 2.24) is 0 Å². The molecule has 1 unspecified atom stereocenters. The van der Waals surface area contributed by atoms with Crippen molar-refractivity contribution in [3.63, 3.8) is 0 Å². The smallest absolute Gasteiger partial charge is 0.344 e. The van der Waals surface area contributed by atoms with Gasteiger partial charge in [-0.2, -0.15) is 0 Å². The van der Waals surface area contributed by atoms with Crippen LogP contribution in [0.2, 0.25) is 10.0 Å². The number of hydrogen-bond donors (Lipinski definition) is 2. The van der Waals surface area contributed by atoms with Crippen LogP contribution < -0.4 is 4.74 Å². The number of ether oxygens (including phenoxy) is 2. The van der Waals surface area contributed by atoms with E-state index in [1.54, 1.807) is 12.1 Å². The van der Waals surface area contributed by atoms with E-state index in [-0.39, 0.29) is 22.0 Å². The standard InChI is InChI=1S/C20H22Cl2O6/c1-2-20-4-3-12(25)6-14(20)17-11(7-20)5-15(18(21)19(17)22)27-10-16(26)28-13(8-23)9-24/h5-6,13,23-24H,2-4,7-10H2,1H3. The first-order valence-corrected chi connectivity index (χ1v) is 9.91. The number of carbonyl (C=O) groups is 2. The number of carbonyl (C=O) groups excluding carboxylic acids is 2. The molecule has 0 saturated heterocycles. The first kappa shape index (κ1) is 21.1. The molecule has 2 aliphatic rings. The van der Waals surface area contributed by atoms with Gasteiger partial charge >= 0.3 is 5.97 Å². The molecular formula is C20H22Cl2O6. The Balaban J connectivity index is 1.85. The molecule has 0 bridgehead atoms. The van der Waals surface area contributed by atoms with Crippen molar-refractivity contribution in [3.05, 3.63) is 33.3 Å². The van der Waals surface area contributed by atoms with E-state index in [0.29, 0.717) is 11.4 Å². The van der Waals surface area contributed by atoms with E-state index in [0.717, 1.165) is 36.0 Å². The molecule has 1 aromatic rings. The molecule has 0 heterocycles. The summed E-state index contributed by atoms with van der Waals surface area (Å²) in [5.41, 5.74) is 2.53. The highest BCUT2D eigenvalue weighted by atomic mass is 35.5. The molecule has 3 rings (SSSR count). The maximum absolute atomic E-state index is 12.0. The zero-order valence-electron chi connectivity index (χ0n) is 15.5. The van der Waals surface area contributed by atoms with Gasteiger partial charge < -0.3 is 19.7 Å². The molecule has 0 fully saturated rings.